The number of amides is 4. The van der Waals surface area contributed by atoms with Crippen LogP contribution in [0.5, 0.6) is 0 Å². The van der Waals surface area contributed by atoms with Gasteiger partial charge in [-0.25, -0.2) is 0 Å². The van der Waals surface area contributed by atoms with Crippen LogP contribution in [0.4, 0.5) is 13.2 Å². The molecule has 3 aliphatic rings. The molecule has 188 valence electrons. The molecular formula is C26H24F3N3O4. The van der Waals surface area contributed by atoms with Gasteiger partial charge in [-0.05, 0) is 67.6 Å². The first-order chi connectivity index (χ1) is 17.1. The molecule has 3 heterocycles. The Morgan fingerprint density at radius 2 is 1.61 bits per heavy atom. The zero-order valence-electron chi connectivity index (χ0n) is 19.3. The normalized spacial score (nSPS) is 21.6. The second-order valence-electron chi connectivity index (χ2n) is 9.50. The predicted molar refractivity (Wildman–Crippen MR) is 122 cm³/mol. The number of hydrogen-bond acceptors (Lipinski definition) is 5. The van der Waals surface area contributed by atoms with Crippen LogP contribution < -0.4 is 5.32 Å². The molecule has 0 bridgehead atoms. The van der Waals surface area contributed by atoms with E-state index in [-0.39, 0.29) is 29.9 Å². The van der Waals surface area contributed by atoms with Crippen molar-refractivity contribution in [3.63, 3.8) is 0 Å². The summed E-state index contributed by atoms with van der Waals surface area (Å²) >= 11 is 0. The van der Waals surface area contributed by atoms with Crippen LogP contribution in [0.2, 0.25) is 0 Å². The fraction of sp³-hybridized carbons (Fsp3) is 0.385. The van der Waals surface area contributed by atoms with Crippen molar-refractivity contribution in [1.82, 2.24) is 15.1 Å². The van der Waals surface area contributed by atoms with Gasteiger partial charge in [0, 0.05) is 13.0 Å². The molecule has 0 aliphatic carbocycles. The number of halogens is 3. The van der Waals surface area contributed by atoms with E-state index in [1.165, 1.54) is 12.1 Å². The molecule has 10 heteroatoms. The molecule has 2 aromatic rings. The highest BCUT2D eigenvalue weighted by atomic mass is 19.4. The van der Waals surface area contributed by atoms with Gasteiger partial charge in [-0.2, -0.15) is 13.2 Å². The Labute approximate surface area is 205 Å². The molecule has 5 rings (SSSR count). The lowest BCUT2D eigenvalue weighted by molar-refractivity contribution is -0.138. The smallest absolute Gasteiger partial charge is 0.299 e. The van der Waals surface area contributed by atoms with Gasteiger partial charge >= 0.3 is 6.18 Å². The molecule has 0 radical (unpaired) electrons. The van der Waals surface area contributed by atoms with Crippen LogP contribution in [0.3, 0.4) is 0 Å². The summed E-state index contributed by atoms with van der Waals surface area (Å²) in [6, 6.07) is 9.53. The SMILES string of the molecule is O=C1CCC(N2C(=O)c3ccc(CN4CCC(c5cccc(C(F)(F)F)c5)CC4)cc3C2=O)C(=O)N1. The third kappa shape index (κ3) is 4.53. The van der Waals surface area contributed by atoms with Crippen LogP contribution in [0.1, 0.15) is 69.0 Å². The van der Waals surface area contributed by atoms with E-state index in [1.54, 1.807) is 24.3 Å². The maximum absolute atomic E-state index is 13.1. The monoisotopic (exact) mass is 499 g/mol. The molecule has 0 saturated carbocycles. The summed E-state index contributed by atoms with van der Waals surface area (Å²) in [6.07, 6.45) is -2.77. The number of hydrogen-bond donors (Lipinski definition) is 1. The number of imide groups is 2. The highest BCUT2D eigenvalue weighted by molar-refractivity contribution is 6.23. The highest BCUT2D eigenvalue weighted by Gasteiger charge is 2.44. The molecule has 2 fully saturated rings. The minimum absolute atomic E-state index is 0.0462. The van der Waals surface area contributed by atoms with Gasteiger partial charge < -0.3 is 0 Å². The Kier molecular flexibility index (Phi) is 6.15. The van der Waals surface area contributed by atoms with Gasteiger partial charge in [-0.1, -0.05) is 24.3 Å². The molecule has 2 aromatic carbocycles. The maximum Gasteiger partial charge on any atom is 0.416 e. The van der Waals surface area contributed by atoms with Crippen LogP contribution >= 0.6 is 0 Å². The van der Waals surface area contributed by atoms with E-state index in [1.807, 2.05) is 0 Å². The number of likely N-dealkylation sites (tertiary alicyclic amines) is 1. The van der Waals surface area contributed by atoms with E-state index < -0.39 is 41.4 Å². The van der Waals surface area contributed by atoms with Crippen molar-refractivity contribution in [2.24, 2.45) is 0 Å². The average Bonchev–Trinajstić information content (AvgIpc) is 3.09. The third-order valence-corrected chi connectivity index (χ3v) is 7.18. The number of rotatable bonds is 4. The minimum atomic E-state index is -4.36. The van der Waals surface area contributed by atoms with Crippen molar-refractivity contribution in [2.45, 2.75) is 50.4 Å². The molecule has 1 N–H and O–H groups in total. The lowest BCUT2D eigenvalue weighted by Crippen LogP contribution is -2.54. The number of alkyl halides is 3. The molecule has 3 aliphatic heterocycles. The molecule has 36 heavy (non-hydrogen) atoms. The third-order valence-electron chi connectivity index (χ3n) is 7.18. The van der Waals surface area contributed by atoms with E-state index in [2.05, 4.69) is 10.2 Å². The Morgan fingerprint density at radius 3 is 2.31 bits per heavy atom. The molecular weight excluding hydrogens is 475 g/mol. The Balaban J connectivity index is 1.24. The van der Waals surface area contributed by atoms with Gasteiger partial charge in [-0.15, -0.1) is 0 Å². The van der Waals surface area contributed by atoms with Gasteiger partial charge in [0.05, 0.1) is 16.7 Å². The summed E-state index contributed by atoms with van der Waals surface area (Å²) in [4.78, 5) is 52.6. The Hall–Kier alpha value is -3.53. The molecule has 2 saturated heterocycles. The van der Waals surface area contributed by atoms with Gasteiger partial charge in [-0.3, -0.25) is 34.3 Å². The Bertz CT molecular complexity index is 1250. The summed E-state index contributed by atoms with van der Waals surface area (Å²) in [5.74, 6) is -2.12. The number of fused-ring (bicyclic) bond motifs is 1. The van der Waals surface area contributed by atoms with Crippen LogP contribution in [-0.4, -0.2) is 52.6 Å². The number of piperidine rings is 2. The van der Waals surface area contributed by atoms with Crippen LogP contribution in [0, 0.1) is 0 Å². The first-order valence-corrected chi connectivity index (χ1v) is 11.9. The van der Waals surface area contributed by atoms with Gasteiger partial charge in [0.15, 0.2) is 0 Å². The zero-order valence-corrected chi connectivity index (χ0v) is 19.3. The number of benzene rings is 2. The number of nitrogens with zero attached hydrogens (tertiary/aromatic N) is 2. The van der Waals surface area contributed by atoms with Gasteiger partial charge in [0.25, 0.3) is 11.8 Å². The summed E-state index contributed by atoms with van der Waals surface area (Å²) in [5.41, 5.74) is 1.36. The topological polar surface area (TPSA) is 86.8 Å². The first kappa shape index (κ1) is 24.2. The summed E-state index contributed by atoms with van der Waals surface area (Å²) < 4.78 is 39.2. The number of nitrogens with one attached hydrogen (secondary N) is 1. The summed E-state index contributed by atoms with van der Waals surface area (Å²) in [7, 11) is 0. The lowest BCUT2D eigenvalue weighted by atomic mass is 9.88. The molecule has 0 spiro atoms. The number of carbonyl (C=O) groups excluding carboxylic acids is 4. The minimum Gasteiger partial charge on any atom is -0.299 e. The van der Waals surface area contributed by atoms with Crippen molar-refractivity contribution in [1.29, 1.82) is 0 Å². The fourth-order valence-corrected chi connectivity index (χ4v) is 5.27. The van der Waals surface area contributed by atoms with Gasteiger partial charge in [0.1, 0.15) is 6.04 Å². The van der Waals surface area contributed by atoms with E-state index in [9.17, 15) is 32.3 Å². The van der Waals surface area contributed by atoms with Crippen molar-refractivity contribution < 1.29 is 32.3 Å². The molecule has 1 atom stereocenters. The second kappa shape index (κ2) is 9.16. The van der Waals surface area contributed by atoms with E-state index in [0.717, 1.165) is 16.5 Å². The van der Waals surface area contributed by atoms with E-state index >= 15 is 0 Å². The van der Waals surface area contributed by atoms with Gasteiger partial charge in [0.2, 0.25) is 11.8 Å². The average molecular weight is 499 g/mol. The highest BCUT2D eigenvalue weighted by Crippen LogP contribution is 2.35. The van der Waals surface area contributed by atoms with Crippen molar-refractivity contribution in [3.05, 3.63) is 70.3 Å². The Morgan fingerprint density at radius 1 is 0.889 bits per heavy atom. The standard InChI is InChI=1S/C26H24F3N3O4/c27-26(28,29)18-3-1-2-17(13-18)16-8-10-31(11-9-16)14-15-4-5-19-20(12-15)25(36)32(24(19)35)21-6-7-22(33)30-23(21)34/h1-5,12-13,16,21H,6-11,14H2,(H,30,33,34). The van der Waals surface area contributed by atoms with Crippen LogP contribution in [0.25, 0.3) is 0 Å². The summed E-state index contributed by atoms with van der Waals surface area (Å²) in [5, 5.41) is 2.18. The first-order valence-electron chi connectivity index (χ1n) is 11.9. The van der Waals surface area contributed by atoms with Crippen LogP contribution in [0.15, 0.2) is 42.5 Å². The molecule has 7 nitrogen and oxygen atoms in total. The maximum atomic E-state index is 13.1. The molecule has 0 aromatic heterocycles. The van der Waals surface area contributed by atoms with Crippen molar-refractivity contribution in [3.8, 4) is 0 Å². The lowest BCUT2D eigenvalue weighted by Gasteiger charge is -2.32. The summed E-state index contributed by atoms with van der Waals surface area (Å²) in [6.45, 7) is 1.91. The van der Waals surface area contributed by atoms with Crippen molar-refractivity contribution in [2.75, 3.05) is 13.1 Å². The van der Waals surface area contributed by atoms with Crippen molar-refractivity contribution >= 4 is 23.6 Å². The van der Waals surface area contributed by atoms with E-state index in [0.29, 0.717) is 38.0 Å². The predicted octanol–water partition coefficient (Wildman–Crippen LogP) is 3.49. The fourth-order valence-electron chi connectivity index (χ4n) is 5.27. The molecule has 4 amide bonds. The molecule has 1 unspecified atom stereocenters. The zero-order chi connectivity index (χ0) is 25.6. The van der Waals surface area contributed by atoms with E-state index in [4.69, 9.17) is 0 Å². The second-order valence-corrected chi connectivity index (χ2v) is 9.50. The quantitative estimate of drug-likeness (QED) is 0.651. The number of carbonyl (C=O) groups is 4. The van der Waals surface area contributed by atoms with Crippen LogP contribution in [-0.2, 0) is 22.3 Å². The largest absolute Gasteiger partial charge is 0.416 e.